The summed E-state index contributed by atoms with van der Waals surface area (Å²) in [7, 11) is 0. The second-order valence-corrected chi connectivity index (χ2v) is 9.41. The molecule has 0 radical (unpaired) electrons. The number of carbonyl (C=O) groups excluding carboxylic acids is 1. The normalized spacial score (nSPS) is 55.0. The van der Waals surface area contributed by atoms with Crippen LogP contribution < -0.4 is 0 Å². The molecule has 126 valence electrons. The van der Waals surface area contributed by atoms with Gasteiger partial charge >= 0.3 is 0 Å². The molecule has 4 aliphatic rings. The molecular weight excluding hydrogens is 284 g/mol. The first-order chi connectivity index (χ1) is 10.7. The molecule has 2 saturated carbocycles. The first-order valence-electron chi connectivity index (χ1n) is 9.35. The lowest BCUT2D eigenvalue weighted by Crippen LogP contribution is -2.56. The highest BCUT2D eigenvalue weighted by Gasteiger charge is 2.61. The van der Waals surface area contributed by atoms with Gasteiger partial charge in [-0.3, -0.25) is 4.79 Å². The van der Waals surface area contributed by atoms with Crippen molar-refractivity contribution in [3.8, 4) is 0 Å². The fraction of sp³-hybridized carbons (Fsp3) is 0.762. The standard InChI is InChI=1S/C21H30O2/c1-13-11-14-12-15(22)5-8-19(14,2)16-6-9-20(3)17(18(13)16)7-10-21(20,4)23/h7,10,12-13,16-18,23H,5-6,8-9,11H2,1-4H3/t13-,16+,17+,18-,19+,20+,21+/m1/s1. The average Bonchev–Trinajstić information content (AvgIpc) is 2.72. The first-order valence-corrected chi connectivity index (χ1v) is 9.35. The fourth-order valence-corrected chi connectivity index (χ4v) is 6.57. The van der Waals surface area contributed by atoms with Gasteiger partial charge in [-0.05, 0) is 67.8 Å². The van der Waals surface area contributed by atoms with Crippen LogP contribution in [0.5, 0.6) is 0 Å². The smallest absolute Gasteiger partial charge is 0.155 e. The molecule has 2 heteroatoms. The van der Waals surface area contributed by atoms with Crippen molar-refractivity contribution in [1.82, 2.24) is 0 Å². The Balaban J connectivity index is 1.76. The zero-order valence-corrected chi connectivity index (χ0v) is 14.9. The van der Waals surface area contributed by atoms with Crippen molar-refractivity contribution < 1.29 is 9.90 Å². The van der Waals surface area contributed by atoms with Crippen molar-refractivity contribution in [2.45, 2.75) is 65.4 Å². The predicted molar refractivity (Wildman–Crippen MR) is 91.8 cm³/mol. The lowest BCUT2D eigenvalue weighted by Gasteiger charge is -2.60. The Morgan fingerprint density at radius 2 is 1.96 bits per heavy atom. The molecule has 0 heterocycles. The minimum atomic E-state index is -0.679. The monoisotopic (exact) mass is 314 g/mol. The molecule has 0 aromatic heterocycles. The van der Waals surface area contributed by atoms with Gasteiger partial charge in [-0.1, -0.05) is 38.5 Å². The Kier molecular flexibility index (Phi) is 3.12. The Morgan fingerprint density at radius 1 is 1.22 bits per heavy atom. The molecule has 0 saturated heterocycles. The summed E-state index contributed by atoms with van der Waals surface area (Å²) in [5.74, 6) is 2.68. The van der Waals surface area contributed by atoms with E-state index < -0.39 is 5.60 Å². The molecular formula is C21H30O2. The maximum Gasteiger partial charge on any atom is 0.155 e. The minimum absolute atomic E-state index is 0.0233. The number of fused-ring (bicyclic) bond motifs is 5. The highest BCUT2D eigenvalue weighted by molar-refractivity contribution is 5.91. The number of allylic oxidation sites excluding steroid dienone is 3. The van der Waals surface area contributed by atoms with Crippen LogP contribution in [-0.2, 0) is 4.79 Å². The third kappa shape index (κ3) is 1.88. The van der Waals surface area contributed by atoms with E-state index in [2.05, 4.69) is 32.9 Å². The number of hydrogen-bond acceptors (Lipinski definition) is 2. The Labute approximate surface area is 140 Å². The first kappa shape index (κ1) is 15.6. The van der Waals surface area contributed by atoms with Crippen LogP contribution in [0.4, 0.5) is 0 Å². The molecule has 23 heavy (non-hydrogen) atoms. The van der Waals surface area contributed by atoms with Gasteiger partial charge < -0.3 is 5.11 Å². The molecule has 4 aliphatic carbocycles. The van der Waals surface area contributed by atoms with Crippen molar-refractivity contribution in [3.63, 3.8) is 0 Å². The van der Waals surface area contributed by atoms with Crippen molar-refractivity contribution >= 4 is 5.78 Å². The molecule has 0 aliphatic heterocycles. The maximum atomic E-state index is 11.9. The van der Waals surface area contributed by atoms with Gasteiger partial charge in [0.15, 0.2) is 5.78 Å². The predicted octanol–water partition coefficient (Wildman–Crippen LogP) is 4.29. The summed E-state index contributed by atoms with van der Waals surface area (Å²) < 4.78 is 0. The van der Waals surface area contributed by atoms with E-state index in [-0.39, 0.29) is 10.8 Å². The van der Waals surface area contributed by atoms with Crippen LogP contribution in [0.3, 0.4) is 0 Å². The average molecular weight is 314 g/mol. The van der Waals surface area contributed by atoms with Crippen LogP contribution in [0.25, 0.3) is 0 Å². The van der Waals surface area contributed by atoms with Gasteiger partial charge in [0.25, 0.3) is 0 Å². The summed E-state index contributed by atoms with van der Waals surface area (Å²) in [6.45, 7) is 9.06. The van der Waals surface area contributed by atoms with E-state index >= 15 is 0 Å². The van der Waals surface area contributed by atoms with Gasteiger partial charge in [-0.2, -0.15) is 0 Å². The lowest BCUT2D eigenvalue weighted by atomic mass is 9.44. The molecule has 4 rings (SSSR count). The molecule has 0 aromatic carbocycles. The zero-order chi connectivity index (χ0) is 16.6. The second-order valence-electron chi connectivity index (χ2n) is 9.41. The minimum Gasteiger partial charge on any atom is -0.385 e. The second kappa shape index (κ2) is 4.59. The summed E-state index contributed by atoms with van der Waals surface area (Å²) >= 11 is 0. The molecule has 0 bridgehead atoms. The molecule has 1 N–H and O–H groups in total. The molecule has 7 atom stereocenters. The summed E-state index contributed by atoms with van der Waals surface area (Å²) in [5, 5.41) is 10.9. The fourth-order valence-electron chi connectivity index (χ4n) is 6.57. The molecule has 0 unspecified atom stereocenters. The van der Waals surface area contributed by atoms with Gasteiger partial charge in [0, 0.05) is 11.8 Å². The molecule has 2 fully saturated rings. The van der Waals surface area contributed by atoms with Crippen LogP contribution in [0.15, 0.2) is 23.8 Å². The Bertz CT molecular complexity index is 613. The zero-order valence-electron chi connectivity index (χ0n) is 14.9. The summed E-state index contributed by atoms with van der Waals surface area (Å²) in [5.41, 5.74) is 0.918. The van der Waals surface area contributed by atoms with E-state index in [0.717, 1.165) is 19.3 Å². The lowest BCUT2D eigenvalue weighted by molar-refractivity contribution is -0.125. The summed E-state index contributed by atoms with van der Waals surface area (Å²) in [6, 6.07) is 0. The van der Waals surface area contributed by atoms with Gasteiger partial charge in [0.1, 0.15) is 0 Å². The summed E-state index contributed by atoms with van der Waals surface area (Å²) in [4.78, 5) is 11.9. The maximum absolute atomic E-state index is 11.9. The van der Waals surface area contributed by atoms with E-state index in [9.17, 15) is 9.90 Å². The Hall–Kier alpha value is -0.890. The molecule has 0 spiro atoms. The summed E-state index contributed by atoms with van der Waals surface area (Å²) in [6.07, 6.45) is 11.4. The van der Waals surface area contributed by atoms with E-state index in [4.69, 9.17) is 0 Å². The van der Waals surface area contributed by atoms with Crippen LogP contribution in [0.2, 0.25) is 0 Å². The highest BCUT2D eigenvalue weighted by atomic mass is 16.3. The van der Waals surface area contributed by atoms with E-state index in [1.165, 1.54) is 12.0 Å². The van der Waals surface area contributed by atoms with Crippen LogP contribution >= 0.6 is 0 Å². The number of aliphatic hydroxyl groups is 1. The van der Waals surface area contributed by atoms with Crippen molar-refractivity contribution in [2.75, 3.05) is 0 Å². The number of hydrogen-bond donors (Lipinski definition) is 1. The number of ketones is 1. The van der Waals surface area contributed by atoms with Gasteiger partial charge in [0.05, 0.1) is 5.60 Å². The SMILES string of the molecule is C[C@@H]1CC2=CC(=O)CC[C@]2(C)[C@H]2CC[C@@]3(C)[C@@H](C=C[C@]3(C)O)[C@H]12. The van der Waals surface area contributed by atoms with E-state index in [1.54, 1.807) is 0 Å². The Morgan fingerprint density at radius 3 is 2.70 bits per heavy atom. The van der Waals surface area contributed by atoms with Gasteiger partial charge in [-0.15, -0.1) is 0 Å². The quantitative estimate of drug-likeness (QED) is 0.677. The number of rotatable bonds is 0. The van der Waals surface area contributed by atoms with Crippen LogP contribution in [0.1, 0.15) is 59.8 Å². The van der Waals surface area contributed by atoms with Crippen molar-refractivity contribution in [2.24, 2.45) is 34.5 Å². The largest absolute Gasteiger partial charge is 0.385 e. The molecule has 0 aromatic rings. The van der Waals surface area contributed by atoms with Crippen LogP contribution in [-0.4, -0.2) is 16.5 Å². The molecule has 0 amide bonds. The van der Waals surface area contributed by atoms with Gasteiger partial charge in [-0.25, -0.2) is 0 Å². The third-order valence-electron chi connectivity index (χ3n) is 8.35. The highest BCUT2D eigenvalue weighted by Crippen LogP contribution is 2.66. The third-order valence-corrected chi connectivity index (χ3v) is 8.35. The van der Waals surface area contributed by atoms with Crippen molar-refractivity contribution in [1.29, 1.82) is 0 Å². The van der Waals surface area contributed by atoms with E-state index in [1.807, 2.05) is 13.0 Å². The van der Waals surface area contributed by atoms with Crippen molar-refractivity contribution in [3.05, 3.63) is 23.8 Å². The van der Waals surface area contributed by atoms with E-state index in [0.29, 0.717) is 35.9 Å². The molecule has 2 nitrogen and oxygen atoms in total. The topological polar surface area (TPSA) is 37.3 Å². The van der Waals surface area contributed by atoms with Gasteiger partial charge in [0.2, 0.25) is 0 Å². The number of carbonyl (C=O) groups is 1. The van der Waals surface area contributed by atoms with Crippen LogP contribution in [0, 0.1) is 34.5 Å².